The highest BCUT2D eigenvalue weighted by molar-refractivity contribution is 9.09. The van der Waals surface area contributed by atoms with Crippen LogP contribution in [0.2, 0.25) is 0 Å². The van der Waals surface area contributed by atoms with Crippen LogP contribution >= 0.6 is 15.9 Å². The summed E-state index contributed by atoms with van der Waals surface area (Å²) in [6.45, 7) is 4.02. The largest absolute Gasteiger partial charge is 0.399 e. The number of rotatable bonds is 6. The SMILES string of the molecule is Cc1cc(-c2ccc(NC(=O)CCCCBr)c(C)c2)ccc1N. The molecular formula is C19H23BrN2O. The zero-order chi connectivity index (χ0) is 16.8. The van der Waals surface area contributed by atoms with Crippen LogP contribution in [0.15, 0.2) is 36.4 Å². The lowest BCUT2D eigenvalue weighted by atomic mass is 10.00. The minimum Gasteiger partial charge on any atom is -0.399 e. The lowest BCUT2D eigenvalue weighted by molar-refractivity contribution is -0.116. The van der Waals surface area contributed by atoms with Gasteiger partial charge in [-0.25, -0.2) is 0 Å². The van der Waals surface area contributed by atoms with Crippen molar-refractivity contribution in [1.29, 1.82) is 0 Å². The quantitative estimate of drug-likeness (QED) is 0.421. The number of unbranched alkanes of at least 4 members (excludes halogenated alkanes) is 1. The summed E-state index contributed by atoms with van der Waals surface area (Å²) in [5.41, 5.74) is 12.0. The summed E-state index contributed by atoms with van der Waals surface area (Å²) < 4.78 is 0. The lowest BCUT2D eigenvalue weighted by Crippen LogP contribution is -2.12. The third kappa shape index (κ3) is 4.83. The van der Waals surface area contributed by atoms with E-state index in [1.807, 2.05) is 38.1 Å². The predicted molar refractivity (Wildman–Crippen MR) is 102 cm³/mol. The van der Waals surface area contributed by atoms with Crippen LogP contribution in [0.25, 0.3) is 11.1 Å². The standard InChI is InChI=1S/C19H23BrN2O/c1-13-11-15(6-8-17(13)21)16-7-9-18(14(2)12-16)22-19(23)5-3-4-10-20/h6-9,11-12H,3-5,10,21H2,1-2H3,(H,22,23). The Bertz CT molecular complexity index is 698. The number of anilines is 2. The zero-order valence-electron chi connectivity index (χ0n) is 13.7. The maximum atomic E-state index is 11.9. The minimum absolute atomic E-state index is 0.0742. The fraction of sp³-hybridized carbons (Fsp3) is 0.316. The van der Waals surface area contributed by atoms with Crippen LogP contribution in [0.4, 0.5) is 11.4 Å². The van der Waals surface area contributed by atoms with Gasteiger partial charge in [0.25, 0.3) is 0 Å². The molecule has 0 aliphatic carbocycles. The van der Waals surface area contributed by atoms with Crippen molar-refractivity contribution >= 4 is 33.2 Å². The molecule has 0 unspecified atom stereocenters. The number of nitrogen functional groups attached to an aromatic ring is 1. The van der Waals surface area contributed by atoms with Gasteiger partial charge in [-0.3, -0.25) is 4.79 Å². The Hall–Kier alpha value is -1.81. The summed E-state index contributed by atoms with van der Waals surface area (Å²) in [4.78, 5) is 11.9. The number of amides is 1. The molecule has 0 aliphatic heterocycles. The van der Waals surface area contributed by atoms with E-state index in [0.717, 1.165) is 51.8 Å². The van der Waals surface area contributed by atoms with Crippen molar-refractivity contribution in [2.24, 2.45) is 0 Å². The second-order valence-corrected chi connectivity index (χ2v) is 6.59. The molecule has 0 radical (unpaired) electrons. The van der Waals surface area contributed by atoms with Crippen LogP contribution in [-0.2, 0) is 4.79 Å². The van der Waals surface area contributed by atoms with Crippen LogP contribution in [0.1, 0.15) is 30.4 Å². The van der Waals surface area contributed by atoms with Crippen molar-refractivity contribution in [2.75, 3.05) is 16.4 Å². The Labute approximate surface area is 146 Å². The topological polar surface area (TPSA) is 55.1 Å². The van der Waals surface area contributed by atoms with Gasteiger partial charge in [0.15, 0.2) is 0 Å². The molecule has 0 aliphatic rings. The van der Waals surface area contributed by atoms with Crippen molar-refractivity contribution in [1.82, 2.24) is 0 Å². The summed E-state index contributed by atoms with van der Waals surface area (Å²) in [7, 11) is 0. The molecule has 0 saturated carbocycles. The van der Waals surface area contributed by atoms with E-state index in [1.165, 1.54) is 0 Å². The summed E-state index contributed by atoms with van der Waals surface area (Å²) in [6, 6.07) is 12.1. The van der Waals surface area contributed by atoms with Crippen molar-refractivity contribution in [3.8, 4) is 11.1 Å². The first-order valence-corrected chi connectivity index (χ1v) is 8.96. The Kier molecular flexibility index (Phi) is 6.22. The third-order valence-corrected chi connectivity index (χ3v) is 4.45. The maximum Gasteiger partial charge on any atom is 0.224 e. The molecule has 3 N–H and O–H groups in total. The van der Waals surface area contributed by atoms with Gasteiger partial charge in [0.1, 0.15) is 0 Å². The highest BCUT2D eigenvalue weighted by atomic mass is 79.9. The predicted octanol–water partition coefficient (Wildman–Crippen LogP) is 5.06. The molecule has 23 heavy (non-hydrogen) atoms. The Morgan fingerprint density at radius 3 is 2.30 bits per heavy atom. The van der Waals surface area contributed by atoms with Gasteiger partial charge in [-0.1, -0.05) is 28.1 Å². The van der Waals surface area contributed by atoms with Crippen LogP contribution in [0, 0.1) is 13.8 Å². The average molecular weight is 375 g/mol. The number of benzene rings is 2. The molecule has 0 saturated heterocycles. The second-order valence-electron chi connectivity index (χ2n) is 5.80. The Morgan fingerprint density at radius 1 is 1.04 bits per heavy atom. The molecule has 0 fully saturated rings. The average Bonchev–Trinajstić information content (AvgIpc) is 2.52. The molecule has 0 spiro atoms. The van der Waals surface area contributed by atoms with Crippen molar-refractivity contribution in [2.45, 2.75) is 33.1 Å². The molecule has 1 amide bonds. The summed E-state index contributed by atoms with van der Waals surface area (Å²) in [5.74, 6) is 0.0742. The Morgan fingerprint density at radius 2 is 1.70 bits per heavy atom. The highest BCUT2D eigenvalue weighted by Crippen LogP contribution is 2.27. The molecule has 0 heterocycles. The molecule has 0 aromatic heterocycles. The third-order valence-electron chi connectivity index (χ3n) is 3.89. The summed E-state index contributed by atoms with van der Waals surface area (Å²) >= 11 is 3.38. The summed E-state index contributed by atoms with van der Waals surface area (Å²) in [5, 5.41) is 3.93. The van der Waals surface area contributed by atoms with E-state index in [-0.39, 0.29) is 5.91 Å². The van der Waals surface area contributed by atoms with Crippen molar-refractivity contribution < 1.29 is 4.79 Å². The number of alkyl halides is 1. The number of carbonyl (C=O) groups excluding carboxylic acids is 1. The van der Waals surface area contributed by atoms with Gasteiger partial charge in [-0.2, -0.15) is 0 Å². The fourth-order valence-electron chi connectivity index (χ4n) is 2.43. The van der Waals surface area contributed by atoms with E-state index in [0.29, 0.717) is 6.42 Å². The first-order valence-electron chi connectivity index (χ1n) is 7.84. The lowest BCUT2D eigenvalue weighted by Gasteiger charge is -2.11. The number of aryl methyl sites for hydroxylation is 2. The van der Waals surface area contributed by atoms with Gasteiger partial charge in [0.2, 0.25) is 5.91 Å². The molecule has 122 valence electrons. The molecule has 0 bridgehead atoms. The van der Waals surface area contributed by atoms with E-state index in [4.69, 9.17) is 5.73 Å². The number of halogens is 1. The van der Waals surface area contributed by atoms with Gasteiger partial charge in [-0.05, 0) is 73.2 Å². The van der Waals surface area contributed by atoms with Crippen LogP contribution in [0.3, 0.4) is 0 Å². The van der Waals surface area contributed by atoms with E-state index in [2.05, 4.69) is 33.4 Å². The molecule has 2 rings (SSSR count). The molecule has 2 aromatic carbocycles. The minimum atomic E-state index is 0.0742. The molecule has 4 heteroatoms. The summed E-state index contributed by atoms with van der Waals surface area (Å²) in [6.07, 6.45) is 2.48. The normalized spacial score (nSPS) is 10.6. The first-order chi connectivity index (χ1) is 11.0. The van der Waals surface area contributed by atoms with E-state index < -0.39 is 0 Å². The second kappa shape index (κ2) is 8.16. The van der Waals surface area contributed by atoms with Crippen LogP contribution < -0.4 is 11.1 Å². The molecule has 0 atom stereocenters. The molecular weight excluding hydrogens is 352 g/mol. The highest BCUT2D eigenvalue weighted by Gasteiger charge is 2.07. The van der Waals surface area contributed by atoms with Gasteiger partial charge in [0.05, 0.1) is 0 Å². The van der Waals surface area contributed by atoms with E-state index >= 15 is 0 Å². The number of hydrogen-bond acceptors (Lipinski definition) is 2. The Balaban J connectivity index is 2.11. The first kappa shape index (κ1) is 17.5. The molecule has 2 aromatic rings. The number of carbonyl (C=O) groups is 1. The van der Waals surface area contributed by atoms with Crippen LogP contribution in [0.5, 0.6) is 0 Å². The van der Waals surface area contributed by atoms with Crippen molar-refractivity contribution in [3.63, 3.8) is 0 Å². The van der Waals surface area contributed by atoms with Crippen molar-refractivity contribution in [3.05, 3.63) is 47.5 Å². The number of nitrogens with one attached hydrogen (secondary N) is 1. The maximum absolute atomic E-state index is 11.9. The fourth-order valence-corrected chi connectivity index (χ4v) is 2.83. The zero-order valence-corrected chi connectivity index (χ0v) is 15.2. The number of hydrogen-bond donors (Lipinski definition) is 2. The smallest absolute Gasteiger partial charge is 0.224 e. The monoisotopic (exact) mass is 374 g/mol. The van der Waals surface area contributed by atoms with Gasteiger partial charge >= 0.3 is 0 Å². The van der Waals surface area contributed by atoms with E-state index in [9.17, 15) is 4.79 Å². The van der Waals surface area contributed by atoms with Gasteiger partial charge in [-0.15, -0.1) is 0 Å². The van der Waals surface area contributed by atoms with Crippen LogP contribution in [-0.4, -0.2) is 11.2 Å². The van der Waals surface area contributed by atoms with E-state index in [1.54, 1.807) is 0 Å². The molecule has 3 nitrogen and oxygen atoms in total. The van der Waals surface area contributed by atoms with Gasteiger partial charge < -0.3 is 11.1 Å². The van der Waals surface area contributed by atoms with Gasteiger partial charge in [0, 0.05) is 23.1 Å². The number of nitrogens with two attached hydrogens (primary N) is 1.